The lowest BCUT2D eigenvalue weighted by Gasteiger charge is -2.34. The number of amides is 1. The van der Waals surface area contributed by atoms with Crippen LogP contribution in [0.25, 0.3) is 10.2 Å². The molecule has 3 aromatic rings. The summed E-state index contributed by atoms with van der Waals surface area (Å²) < 4.78 is 12.5. The molecule has 1 unspecified atom stereocenters. The predicted molar refractivity (Wildman–Crippen MR) is 123 cm³/mol. The SMILES string of the molecule is O=C(NCCN1CCN(c2nc3c(Cl)cccc3s2)CC1)C1COc2ccccc2O1. The summed E-state index contributed by atoms with van der Waals surface area (Å²) >= 11 is 7.94. The lowest BCUT2D eigenvalue weighted by molar-refractivity contribution is -0.130. The molecule has 2 aliphatic rings. The van der Waals surface area contributed by atoms with Crippen molar-refractivity contribution >= 4 is 44.2 Å². The number of benzene rings is 2. The maximum Gasteiger partial charge on any atom is 0.264 e. The summed E-state index contributed by atoms with van der Waals surface area (Å²) in [7, 11) is 0. The predicted octanol–water partition coefficient (Wildman–Crippen LogP) is 3.03. The van der Waals surface area contributed by atoms with Crippen molar-refractivity contribution in [1.82, 2.24) is 15.2 Å². The first kappa shape index (κ1) is 20.4. The summed E-state index contributed by atoms with van der Waals surface area (Å²) in [6.07, 6.45) is -0.613. The molecule has 2 aliphatic heterocycles. The van der Waals surface area contributed by atoms with Gasteiger partial charge in [-0.2, -0.15) is 0 Å². The number of halogens is 1. The number of anilines is 1. The Morgan fingerprint density at radius 3 is 2.74 bits per heavy atom. The molecule has 1 aromatic heterocycles. The van der Waals surface area contributed by atoms with Crippen LogP contribution in [-0.2, 0) is 4.79 Å². The van der Waals surface area contributed by atoms with Crippen LogP contribution in [-0.4, -0.2) is 67.8 Å². The van der Waals surface area contributed by atoms with Gasteiger partial charge < -0.3 is 19.7 Å². The fraction of sp³-hybridized carbons (Fsp3) is 0.364. The summed E-state index contributed by atoms with van der Waals surface area (Å²) in [5, 5.41) is 4.69. The minimum Gasteiger partial charge on any atom is -0.485 e. The Labute approximate surface area is 189 Å². The van der Waals surface area contributed by atoms with Crippen LogP contribution in [0.15, 0.2) is 42.5 Å². The van der Waals surface area contributed by atoms with Gasteiger partial charge in [0.15, 0.2) is 16.6 Å². The number of fused-ring (bicyclic) bond motifs is 2. The van der Waals surface area contributed by atoms with E-state index < -0.39 is 6.10 Å². The van der Waals surface area contributed by atoms with Gasteiger partial charge >= 0.3 is 0 Å². The van der Waals surface area contributed by atoms with Gasteiger partial charge in [-0.15, -0.1) is 0 Å². The van der Waals surface area contributed by atoms with E-state index >= 15 is 0 Å². The van der Waals surface area contributed by atoms with E-state index in [4.69, 9.17) is 26.1 Å². The van der Waals surface area contributed by atoms with Gasteiger partial charge in [0.2, 0.25) is 6.10 Å². The van der Waals surface area contributed by atoms with Gasteiger partial charge in [0.25, 0.3) is 5.91 Å². The highest BCUT2D eigenvalue weighted by atomic mass is 35.5. The number of hydrogen-bond acceptors (Lipinski definition) is 7. The minimum absolute atomic E-state index is 0.139. The van der Waals surface area contributed by atoms with Crippen LogP contribution in [0.4, 0.5) is 5.13 Å². The largest absolute Gasteiger partial charge is 0.485 e. The van der Waals surface area contributed by atoms with Crippen LogP contribution in [0.3, 0.4) is 0 Å². The second-order valence-corrected chi connectivity index (χ2v) is 8.98. The Bertz CT molecular complexity index is 1080. The molecule has 2 aromatic carbocycles. The van der Waals surface area contributed by atoms with E-state index in [9.17, 15) is 4.79 Å². The second kappa shape index (κ2) is 8.90. The Balaban J connectivity index is 1.07. The fourth-order valence-electron chi connectivity index (χ4n) is 3.80. The Morgan fingerprint density at radius 2 is 1.94 bits per heavy atom. The number of carbonyl (C=O) groups is 1. The van der Waals surface area contributed by atoms with Gasteiger partial charge in [-0.3, -0.25) is 9.69 Å². The molecule has 7 nitrogen and oxygen atoms in total. The number of nitrogens with zero attached hydrogens (tertiary/aromatic N) is 3. The van der Waals surface area contributed by atoms with E-state index in [1.807, 2.05) is 36.4 Å². The number of para-hydroxylation sites is 3. The van der Waals surface area contributed by atoms with E-state index in [2.05, 4.69) is 21.2 Å². The zero-order valence-corrected chi connectivity index (χ0v) is 18.5. The normalized spacial score (nSPS) is 18.9. The van der Waals surface area contributed by atoms with Crippen molar-refractivity contribution in [2.75, 3.05) is 50.8 Å². The number of carbonyl (C=O) groups excluding carboxylic acids is 1. The topological polar surface area (TPSA) is 66.9 Å². The molecule has 1 fully saturated rings. The average Bonchev–Trinajstić information content (AvgIpc) is 3.25. The molecule has 0 spiro atoms. The molecule has 1 N–H and O–H groups in total. The molecule has 5 rings (SSSR count). The smallest absolute Gasteiger partial charge is 0.264 e. The summed E-state index contributed by atoms with van der Waals surface area (Å²) in [6.45, 7) is 5.27. The van der Waals surface area contributed by atoms with Crippen molar-refractivity contribution in [3.8, 4) is 11.5 Å². The maximum atomic E-state index is 12.4. The monoisotopic (exact) mass is 458 g/mol. The third-order valence-corrected chi connectivity index (χ3v) is 6.92. The molecule has 1 amide bonds. The first-order chi connectivity index (χ1) is 15.2. The van der Waals surface area contributed by atoms with Gasteiger partial charge in [-0.1, -0.05) is 41.1 Å². The quantitative estimate of drug-likeness (QED) is 0.634. The van der Waals surface area contributed by atoms with E-state index in [0.29, 0.717) is 23.1 Å². The Morgan fingerprint density at radius 1 is 1.13 bits per heavy atom. The lowest BCUT2D eigenvalue weighted by Crippen LogP contribution is -2.50. The summed E-state index contributed by atoms with van der Waals surface area (Å²) in [4.78, 5) is 21.8. The van der Waals surface area contributed by atoms with Crippen LogP contribution in [0.1, 0.15) is 0 Å². The highest BCUT2D eigenvalue weighted by Gasteiger charge is 2.27. The number of ether oxygens (including phenoxy) is 2. The van der Waals surface area contributed by atoms with Gasteiger partial charge in [-0.25, -0.2) is 4.98 Å². The van der Waals surface area contributed by atoms with Gasteiger partial charge in [0.1, 0.15) is 12.1 Å². The molecule has 3 heterocycles. The molecule has 9 heteroatoms. The van der Waals surface area contributed by atoms with Crippen molar-refractivity contribution in [2.45, 2.75) is 6.10 Å². The molecule has 1 saturated heterocycles. The molecule has 0 radical (unpaired) electrons. The number of hydrogen-bond donors (Lipinski definition) is 1. The average molecular weight is 459 g/mol. The van der Waals surface area contributed by atoms with Crippen molar-refractivity contribution < 1.29 is 14.3 Å². The number of aromatic nitrogens is 1. The van der Waals surface area contributed by atoms with E-state index in [1.54, 1.807) is 11.3 Å². The van der Waals surface area contributed by atoms with Crippen LogP contribution in [0.5, 0.6) is 11.5 Å². The van der Waals surface area contributed by atoms with Crippen LogP contribution < -0.4 is 19.7 Å². The van der Waals surface area contributed by atoms with Crippen molar-refractivity contribution in [1.29, 1.82) is 0 Å². The van der Waals surface area contributed by atoms with E-state index in [0.717, 1.165) is 48.1 Å². The molecule has 31 heavy (non-hydrogen) atoms. The number of piperazine rings is 1. The summed E-state index contributed by atoms with van der Waals surface area (Å²) in [6, 6.07) is 13.3. The van der Waals surface area contributed by atoms with Gasteiger partial charge in [0.05, 0.1) is 9.72 Å². The molecule has 0 aliphatic carbocycles. The summed E-state index contributed by atoms with van der Waals surface area (Å²) in [5.41, 5.74) is 0.880. The maximum absolute atomic E-state index is 12.4. The zero-order chi connectivity index (χ0) is 21.2. The van der Waals surface area contributed by atoms with Crippen molar-refractivity contribution in [3.05, 3.63) is 47.5 Å². The molecular formula is C22H23ClN4O3S. The first-order valence-corrected chi connectivity index (χ1v) is 11.6. The molecule has 162 valence electrons. The van der Waals surface area contributed by atoms with Gasteiger partial charge in [0, 0.05) is 39.3 Å². The number of rotatable bonds is 5. The van der Waals surface area contributed by atoms with Crippen LogP contribution >= 0.6 is 22.9 Å². The number of thiazole rings is 1. The van der Waals surface area contributed by atoms with Gasteiger partial charge in [-0.05, 0) is 24.3 Å². The van der Waals surface area contributed by atoms with E-state index in [-0.39, 0.29) is 12.5 Å². The van der Waals surface area contributed by atoms with Crippen molar-refractivity contribution in [3.63, 3.8) is 0 Å². The van der Waals surface area contributed by atoms with Crippen LogP contribution in [0.2, 0.25) is 5.02 Å². The van der Waals surface area contributed by atoms with Crippen LogP contribution in [0, 0.1) is 0 Å². The fourth-order valence-corrected chi connectivity index (χ4v) is 5.12. The standard InChI is InChI=1S/C22H23ClN4O3S/c23-15-4-3-7-19-20(15)25-22(31-19)27-12-10-26(11-13-27)9-8-24-21(28)18-14-29-16-5-1-2-6-17(16)30-18/h1-7,18H,8-14H2,(H,24,28). The highest BCUT2D eigenvalue weighted by molar-refractivity contribution is 7.22. The van der Waals surface area contributed by atoms with E-state index in [1.165, 1.54) is 0 Å². The highest BCUT2D eigenvalue weighted by Crippen LogP contribution is 2.33. The first-order valence-electron chi connectivity index (χ1n) is 10.4. The van der Waals surface area contributed by atoms with Crippen molar-refractivity contribution in [2.24, 2.45) is 0 Å². The summed E-state index contributed by atoms with van der Waals surface area (Å²) in [5.74, 6) is 1.15. The Hall–Kier alpha value is -2.55. The Kier molecular flexibility index (Phi) is 5.85. The second-order valence-electron chi connectivity index (χ2n) is 7.57. The molecule has 0 saturated carbocycles. The molecule has 1 atom stereocenters. The zero-order valence-electron chi connectivity index (χ0n) is 16.9. The third kappa shape index (κ3) is 4.42. The number of nitrogens with one attached hydrogen (secondary N) is 1. The third-order valence-electron chi connectivity index (χ3n) is 5.53. The minimum atomic E-state index is -0.613. The molecular weight excluding hydrogens is 436 g/mol. The molecule has 0 bridgehead atoms. The lowest BCUT2D eigenvalue weighted by atomic mass is 10.2.